The normalized spacial score (nSPS) is 11.9. The van der Waals surface area contributed by atoms with Crippen LogP contribution in [0, 0.1) is 6.92 Å². The zero-order chi connectivity index (χ0) is 17.8. The lowest BCUT2D eigenvalue weighted by Crippen LogP contribution is -2.25. The SMILES string of the molecule is Cc1ccc(C(=O)[C@H](C)OC(=O)Cc2cccc3ccccc23)cc1. The summed E-state index contributed by atoms with van der Waals surface area (Å²) in [5, 5.41) is 2.11. The van der Waals surface area contributed by atoms with Crippen LogP contribution in [0.3, 0.4) is 0 Å². The zero-order valence-electron chi connectivity index (χ0n) is 14.4. The van der Waals surface area contributed by atoms with Gasteiger partial charge in [0.1, 0.15) is 0 Å². The van der Waals surface area contributed by atoms with Gasteiger partial charge in [0.2, 0.25) is 5.78 Å². The van der Waals surface area contributed by atoms with Gasteiger partial charge in [-0.05, 0) is 30.2 Å². The molecule has 126 valence electrons. The molecule has 3 rings (SSSR count). The molecule has 0 saturated heterocycles. The van der Waals surface area contributed by atoms with Crippen LogP contribution in [0.1, 0.15) is 28.4 Å². The minimum Gasteiger partial charge on any atom is -0.454 e. The van der Waals surface area contributed by atoms with Gasteiger partial charge in [-0.15, -0.1) is 0 Å². The highest BCUT2D eigenvalue weighted by Crippen LogP contribution is 2.19. The average molecular weight is 332 g/mol. The lowest BCUT2D eigenvalue weighted by molar-refractivity contribution is -0.145. The van der Waals surface area contributed by atoms with Gasteiger partial charge in [0.15, 0.2) is 6.10 Å². The predicted molar refractivity (Wildman–Crippen MR) is 98.7 cm³/mol. The standard InChI is InChI=1S/C22H20O3/c1-15-10-12-18(13-11-15)22(24)16(2)25-21(23)14-19-8-5-7-17-6-3-4-9-20(17)19/h3-13,16H,14H2,1-2H3/t16-/m0/s1. The fourth-order valence-corrected chi connectivity index (χ4v) is 2.85. The van der Waals surface area contributed by atoms with Crippen LogP contribution >= 0.6 is 0 Å². The van der Waals surface area contributed by atoms with Gasteiger partial charge >= 0.3 is 5.97 Å². The maximum Gasteiger partial charge on any atom is 0.310 e. The van der Waals surface area contributed by atoms with Crippen LogP contribution in [0.25, 0.3) is 10.8 Å². The molecule has 0 aliphatic rings. The van der Waals surface area contributed by atoms with Crippen LogP contribution < -0.4 is 0 Å². The third kappa shape index (κ3) is 3.94. The molecule has 0 spiro atoms. The van der Waals surface area contributed by atoms with E-state index in [4.69, 9.17) is 4.74 Å². The molecule has 0 saturated carbocycles. The van der Waals surface area contributed by atoms with E-state index in [9.17, 15) is 9.59 Å². The van der Waals surface area contributed by atoms with Crippen LogP contribution in [0.15, 0.2) is 66.7 Å². The minimum atomic E-state index is -0.801. The number of benzene rings is 3. The van der Waals surface area contributed by atoms with Crippen molar-refractivity contribution in [1.29, 1.82) is 0 Å². The molecule has 3 aromatic rings. The second-order valence-electron chi connectivity index (χ2n) is 6.18. The number of ether oxygens (including phenoxy) is 1. The molecule has 0 heterocycles. The molecule has 0 unspecified atom stereocenters. The summed E-state index contributed by atoms with van der Waals surface area (Å²) in [5.41, 5.74) is 2.53. The van der Waals surface area contributed by atoms with E-state index in [-0.39, 0.29) is 12.2 Å². The number of rotatable bonds is 5. The number of ketones is 1. The summed E-state index contributed by atoms with van der Waals surface area (Å²) in [5.74, 6) is -0.587. The van der Waals surface area contributed by atoms with E-state index >= 15 is 0 Å². The summed E-state index contributed by atoms with van der Waals surface area (Å²) in [4.78, 5) is 24.7. The van der Waals surface area contributed by atoms with Crippen molar-refractivity contribution in [1.82, 2.24) is 0 Å². The zero-order valence-corrected chi connectivity index (χ0v) is 14.4. The topological polar surface area (TPSA) is 43.4 Å². The first-order chi connectivity index (χ1) is 12.0. The van der Waals surface area contributed by atoms with Gasteiger partial charge in [0, 0.05) is 5.56 Å². The molecule has 3 heteroatoms. The quantitative estimate of drug-likeness (QED) is 0.510. The van der Waals surface area contributed by atoms with Crippen molar-refractivity contribution in [3.8, 4) is 0 Å². The summed E-state index contributed by atoms with van der Waals surface area (Å²) in [7, 11) is 0. The Balaban J connectivity index is 1.69. The monoisotopic (exact) mass is 332 g/mol. The Morgan fingerprint density at radius 3 is 2.36 bits per heavy atom. The molecule has 0 bridgehead atoms. The van der Waals surface area contributed by atoms with E-state index in [1.807, 2.05) is 61.5 Å². The maximum atomic E-state index is 12.4. The first-order valence-corrected chi connectivity index (χ1v) is 8.31. The Morgan fingerprint density at radius 1 is 0.920 bits per heavy atom. The molecule has 3 aromatic carbocycles. The largest absolute Gasteiger partial charge is 0.454 e. The van der Waals surface area contributed by atoms with Crippen LogP contribution in [0.2, 0.25) is 0 Å². The number of esters is 1. The van der Waals surface area contributed by atoms with Crippen LogP contribution in [0.5, 0.6) is 0 Å². The highest BCUT2D eigenvalue weighted by Gasteiger charge is 2.20. The van der Waals surface area contributed by atoms with E-state index in [1.165, 1.54) is 0 Å². The molecule has 0 aliphatic carbocycles. The first kappa shape index (κ1) is 16.9. The molecule has 1 atom stereocenters. The van der Waals surface area contributed by atoms with Gasteiger partial charge in [-0.3, -0.25) is 9.59 Å². The van der Waals surface area contributed by atoms with E-state index < -0.39 is 12.1 Å². The second-order valence-corrected chi connectivity index (χ2v) is 6.18. The Hall–Kier alpha value is -2.94. The third-order valence-corrected chi connectivity index (χ3v) is 4.23. The number of hydrogen-bond acceptors (Lipinski definition) is 3. The van der Waals surface area contributed by atoms with Crippen molar-refractivity contribution >= 4 is 22.5 Å². The third-order valence-electron chi connectivity index (χ3n) is 4.23. The highest BCUT2D eigenvalue weighted by atomic mass is 16.5. The molecule has 3 nitrogen and oxygen atoms in total. The number of fused-ring (bicyclic) bond motifs is 1. The molecule has 0 aromatic heterocycles. The maximum absolute atomic E-state index is 12.4. The van der Waals surface area contributed by atoms with E-state index in [0.717, 1.165) is 21.9 Å². The van der Waals surface area contributed by atoms with Gasteiger partial charge in [0.25, 0.3) is 0 Å². The van der Waals surface area contributed by atoms with E-state index in [0.29, 0.717) is 5.56 Å². The smallest absolute Gasteiger partial charge is 0.310 e. The molecule has 0 aliphatic heterocycles. The molecule has 0 amide bonds. The number of Topliss-reactive ketones (excluding diaryl/α,β-unsaturated/α-hetero) is 1. The van der Waals surface area contributed by atoms with Crippen LogP contribution in [0.4, 0.5) is 0 Å². The Bertz CT molecular complexity index is 905. The van der Waals surface area contributed by atoms with Gasteiger partial charge < -0.3 is 4.74 Å². The van der Waals surface area contributed by atoms with E-state index in [1.54, 1.807) is 19.1 Å². The Labute approximate surface area is 147 Å². The van der Waals surface area contributed by atoms with Crippen molar-refractivity contribution in [3.05, 3.63) is 83.4 Å². The first-order valence-electron chi connectivity index (χ1n) is 8.31. The summed E-state index contributed by atoms with van der Waals surface area (Å²) in [6.07, 6.45) is -0.655. The lowest BCUT2D eigenvalue weighted by Gasteiger charge is -2.13. The van der Waals surface area contributed by atoms with Crippen molar-refractivity contribution in [3.63, 3.8) is 0 Å². The fraction of sp³-hybridized carbons (Fsp3) is 0.182. The van der Waals surface area contributed by atoms with Gasteiger partial charge in [0.05, 0.1) is 6.42 Å². The molecule has 0 fully saturated rings. The van der Waals surface area contributed by atoms with Crippen molar-refractivity contribution in [2.24, 2.45) is 0 Å². The predicted octanol–water partition coefficient (Wildman–Crippen LogP) is 4.51. The summed E-state index contributed by atoms with van der Waals surface area (Å²) in [6.45, 7) is 3.57. The number of carbonyl (C=O) groups is 2. The van der Waals surface area contributed by atoms with Crippen molar-refractivity contribution < 1.29 is 14.3 Å². The van der Waals surface area contributed by atoms with Crippen molar-refractivity contribution in [2.75, 3.05) is 0 Å². The summed E-state index contributed by atoms with van der Waals surface area (Å²) >= 11 is 0. The summed E-state index contributed by atoms with van der Waals surface area (Å²) < 4.78 is 5.36. The van der Waals surface area contributed by atoms with Crippen molar-refractivity contribution in [2.45, 2.75) is 26.4 Å². The van der Waals surface area contributed by atoms with Gasteiger partial charge in [-0.2, -0.15) is 0 Å². The second kappa shape index (κ2) is 7.31. The number of carbonyl (C=O) groups excluding carboxylic acids is 2. The van der Waals surface area contributed by atoms with E-state index in [2.05, 4.69) is 0 Å². The Morgan fingerprint density at radius 2 is 1.60 bits per heavy atom. The minimum absolute atomic E-state index is 0.146. The van der Waals surface area contributed by atoms with Crippen LogP contribution in [-0.4, -0.2) is 17.9 Å². The van der Waals surface area contributed by atoms with Gasteiger partial charge in [-0.1, -0.05) is 72.3 Å². The lowest BCUT2D eigenvalue weighted by atomic mass is 10.0. The highest BCUT2D eigenvalue weighted by molar-refractivity contribution is 6.00. The average Bonchev–Trinajstić information content (AvgIpc) is 2.62. The molecule has 25 heavy (non-hydrogen) atoms. The molecular weight excluding hydrogens is 312 g/mol. The number of aryl methyl sites for hydroxylation is 1. The summed E-state index contributed by atoms with van der Waals surface area (Å²) in [6, 6.07) is 21.0. The molecule has 0 radical (unpaired) electrons. The number of hydrogen-bond donors (Lipinski definition) is 0. The van der Waals surface area contributed by atoms with Gasteiger partial charge in [-0.25, -0.2) is 0 Å². The fourth-order valence-electron chi connectivity index (χ4n) is 2.85. The molecule has 0 N–H and O–H groups in total. The molecular formula is C22H20O3. The Kier molecular flexibility index (Phi) is 4.94. The van der Waals surface area contributed by atoms with Crippen LogP contribution in [-0.2, 0) is 16.0 Å².